The van der Waals surface area contributed by atoms with Crippen LogP contribution in [-0.2, 0) is 28.3 Å². The molecule has 1 saturated heterocycles. The van der Waals surface area contributed by atoms with E-state index in [9.17, 15) is 13.2 Å². The van der Waals surface area contributed by atoms with Crippen molar-refractivity contribution < 1.29 is 22.7 Å². The molecule has 0 bridgehead atoms. The molecule has 0 aliphatic carbocycles. The standard InChI is InChI=1S/C24H30N4O5S/c1-27-21-10-8-18(34(30,31)28-13-5-4-6-14-28)16-20(21)25-23(27)11-12-24(29)26-19-9-7-17(32-2)15-22(19)33-3/h7-10,15-16H,4-6,11-14H2,1-3H3,(H,26,29). The lowest BCUT2D eigenvalue weighted by atomic mass is 10.2. The lowest BCUT2D eigenvalue weighted by molar-refractivity contribution is -0.116. The molecule has 1 amide bonds. The number of hydrogen-bond acceptors (Lipinski definition) is 6. The number of aryl methyl sites for hydroxylation is 2. The number of aromatic nitrogens is 2. The SMILES string of the molecule is COc1ccc(NC(=O)CCc2nc3cc(S(=O)(=O)N4CCCCC4)ccc3n2C)c(OC)c1. The zero-order chi connectivity index (χ0) is 24.3. The van der Waals surface area contributed by atoms with Gasteiger partial charge in [0.1, 0.15) is 17.3 Å². The molecule has 0 atom stereocenters. The average Bonchev–Trinajstić information content (AvgIpc) is 3.18. The van der Waals surface area contributed by atoms with Gasteiger partial charge >= 0.3 is 0 Å². The molecule has 1 aliphatic rings. The van der Waals surface area contributed by atoms with Crippen LogP contribution in [0.25, 0.3) is 11.0 Å². The van der Waals surface area contributed by atoms with Gasteiger partial charge in [-0.3, -0.25) is 4.79 Å². The third-order valence-corrected chi connectivity index (χ3v) is 8.05. The van der Waals surface area contributed by atoms with Crippen LogP contribution in [0, 0.1) is 0 Å². The molecule has 3 aromatic rings. The van der Waals surface area contributed by atoms with Crippen molar-refractivity contribution in [1.82, 2.24) is 13.9 Å². The summed E-state index contributed by atoms with van der Waals surface area (Å²) in [6.45, 7) is 1.11. The van der Waals surface area contributed by atoms with E-state index < -0.39 is 10.0 Å². The van der Waals surface area contributed by atoms with Crippen molar-refractivity contribution in [1.29, 1.82) is 0 Å². The fourth-order valence-corrected chi connectivity index (χ4v) is 5.75. The molecule has 1 aromatic heterocycles. The van der Waals surface area contributed by atoms with Crippen molar-refractivity contribution in [3.8, 4) is 11.5 Å². The smallest absolute Gasteiger partial charge is 0.243 e. The lowest BCUT2D eigenvalue weighted by Crippen LogP contribution is -2.35. The zero-order valence-electron chi connectivity index (χ0n) is 19.7. The molecule has 1 fully saturated rings. The van der Waals surface area contributed by atoms with E-state index in [1.165, 1.54) is 7.11 Å². The Morgan fingerprint density at radius 2 is 1.82 bits per heavy atom. The number of fused-ring (bicyclic) bond motifs is 1. The normalized spacial score (nSPS) is 14.8. The number of carbonyl (C=O) groups excluding carboxylic acids is 1. The van der Waals surface area contributed by atoms with Gasteiger partial charge in [-0.2, -0.15) is 4.31 Å². The Balaban J connectivity index is 1.47. The lowest BCUT2D eigenvalue weighted by Gasteiger charge is -2.25. The molecule has 10 heteroatoms. The number of hydrogen-bond donors (Lipinski definition) is 1. The van der Waals surface area contributed by atoms with Gasteiger partial charge in [0.15, 0.2) is 0 Å². The first-order valence-electron chi connectivity index (χ1n) is 11.3. The van der Waals surface area contributed by atoms with Gasteiger partial charge in [-0.25, -0.2) is 13.4 Å². The maximum absolute atomic E-state index is 13.0. The molecule has 9 nitrogen and oxygen atoms in total. The first-order valence-corrected chi connectivity index (χ1v) is 12.7. The molecule has 2 heterocycles. The number of carbonyl (C=O) groups is 1. The minimum absolute atomic E-state index is 0.177. The molecule has 1 N–H and O–H groups in total. The predicted octanol–water partition coefficient (Wildman–Crippen LogP) is 3.34. The summed E-state index contributed by atoms with van der Waals surface area (Å²) >= 11 is 0. The van der Waals surface area contributed by atoms with E-state index in [-0.39, 0.29) is 17.2 Å². The van der Waals surface area contributed by atoms with Crippen LogP contribution in [0.4, 0.5) is 5.69 Å². The summed E-state index contributed by atoms with van der Waals surface area (Å²) in [5.74, 6) is 1.68. The molecule has 182 valence electrons. The van der Waals surface area contributed by atoms with Gasteiger partial charge in [-0.05, 0) is 43.2 Å². The van der Waals surface area contributed by atoms with Crippen molar-refractivity contribution in [2.75, 3.05) is 32.6 Å². The van der Waals surface area contributed by atoms with Crippen molar-refractivity contribution in [3.63, 3.8) is 0 Å². The summed E-state index contributed by atoms with van der Waals surface area (Å²) in [5, 5.41) is 2.86. The number of methoxy groups -OCH3 is 2. The predicted molar refractivity (Wildman–Crippen MR) is 130 cm³/mol. The van der Waals surface area contributed by atoms with Crippen molar-refractivity contribution in [2.24, 2.45) is 7.05 Å². The molecule has 0 radical (unpaired) electrons. The Bertz CT molecular complexity index is 1300. The second-order valence-corrected chi connectivity index (χ2v) is 10.3. The van der Waals surface area contributed by atoms with E-state index in [2.05, 4.69) is 10.3 Å². The Kier molecular flexibility index (Phi) is 7.08. The highest BCUT2D eigenvalue weighted by molar-refractivity contribution is 7.89. The largest absolute Gasteiger partial charge is 0.497 e. The van der Waals surface area contributed by atoms with E-state index in [0.29, 0.717) is 48.0 Å². The van der Waals surface area contributed by atoms with E-state index in [0.717, 1.165) is 24.8 Å². The number of nitrogens with one attached hydrogen (secondary N) is 1. The maximum atomic E-state index is 13.0. The molecular weight excluding hydrogens is 456 g/mol. The highest BCUT2D eigenvalue weighted by atomic mass is 32.2. The summed E-state index contributed by atoms with van der Waals surface area (Å²) in [6, 6.07) is 10.2. The summed E-state index contributed by atoms with van der Waals surface area (Å²) in [7, 11) is 1.44. The first kappa shape index (κ1) is 24.0. The van der Waals surface area contributed by atoms with E-state index >= 15 is 0 Å². The minimum atomic E-state index is -3.53. The van der Waals surface area contributed by atoms with E-state index in [4.69, 9.17) is 9.47 Å². The number of benzene rings is 2. The zero-order valence-corrected chi connectivity index (χ0v) is 20.5. The molecule has 4 rings (SSSR count). The molecule has 0 saturated carbocycles. The third-order valence-electron chi connectivity index (χ3n) is 6.16. The molecule has 34 heavy (non-hydrogen) atoms. The van der Waals surface area contributed by atoms with Gasteiger partial charge in [-0.15, -0.1) is 0 Å². The van der Waals surface area contributed by atoms with Crippen LogP contribution >= 0.6 is 0 Å². The molecular formula is C24H30N4O5S. The highest BCUT2D eigenvalue weighted by Crippen LogP contribution is 2.29. The Morgan fingerprint density at radius 3 is 2.53 bits per heavy atom. The highest BCUT2D eigenvalue weighted by Gasteiger charge is 2.26. The summed E-state index contributed by atoms with van der Waals surface area (Å²) in [4.78, 5) is 17.5. The second-order valence-electron chi connectivity index (χ2n) is 8.32. The van der Waals surface area contributed by atoms with Crippen molar-refractivity contribution in [3.05, 3.63) is 42.2 Å². The maximum Gasteiger partial charge on any atom is 0.243 e. The number of nitrogens with zero attached hydrogens (tertiary/aromatic N) is 3. The quantitative estimate of drug-likeness (QED) is 0.524. The first-order chi connectivity index (χ1) is 16.3. The fourth-order valence-electron chi connectivity index (χ4n) is 4.21. The van der Waals surface area contributed by atoms with Crippen LogP contribution in [0.5, 0.6) is 11.5 Å². The van der Waals surface area contributed by atoms with Gasteiger partial charge < -0.3 is 19.4 Å². The van der Waals surface area contributed by atoms with Crippen LogP contribution < -0.4 is 14.8 Å². The monoisotopic (exact) mass is 486 g/mol. The number of sulfonamides is 1. The second kappa shape index (κ2) is 10.0. The Morgan fingerprint density at radius 1 is 1.06 bits per heavy atom. The average molecular weight is 487 g/mol. The van der Waals surface area contributed by atoms with Crippen LogP contribution in [0.15, 0.2) is 41.3 Å². The van der Waals surface area contributed by atoms with E-state index in [1.807, 2.05) is 11.6 Å². The fraction of sp³-hybridized carbons (Fsp3) is 0.417. The molecule has 0 spiro atoms. The summed E-state index contributed by atoms with van der Waals surface area (Å²) < 4.78 is 40.0. The van der Waals surface area contributed by atoms with Crippen molar-refractivity contribution >= 4 is 32.7 Å². The van der Waals surface area contributed by atoms with E-state index in [1.54, 1.807) is 47.8 Å². The van der Waals surface area contributed by atoms with Gasteiger partial charge in [0.2, 0.25) is 15.9 Å². The number of anilines is 1. The van der Waals surface area contributed by atoms with Crippen molar-refractivity contribution in [2.45, 2.75) is 37.0 Å². The number of rotatable bonds is 8. The molecule has 0 unspecified atom stereocenters. The Labute approximate surface area is 199 Å². The number of ether oxygens (including phenoxy) is 2. The molecule has 2 aromatic carbocycles. The van der Waals surface area contributed by atoms with Gasteiger partial charge in [0.05, 0.1) is 35.8 Å². The van der Waals surface area contributed by atoms with Crippen LogP contribution in [-0.4, -0.2) is 55.5 Å². The topological polar surface area (TPSA) is 103 Å². The van der Waals surface area contributed by atoms with Crippen LogP contribution in [0.2, 0.25) is 0 Å². The Hall–Kier alpha value is -3.11. The van der Waals surface area contributed by atoms with Crippen LogP contribution in [0.3, 0.4) is 0 Å². The van der Waals surface area contributed by atoms with Crippen LogP contribution in [0.1, 0.15) is 31.5 Å². The third kappa shape index (κ3) is 4.88. The van der Waals surface area contributed by atoms with Gasteiger partial charge in [-0.1, -0.05) is 6.42 Å². The molecule has 1 aliphatic heterocycles. The van der Waals surface area contributed by atoms with Gasteiger partial charge in [0, 0.05) is 39.0 Å². The number of imidazole rings is 1. The van der Waals surface area contributed by atoms with Gasteiger partial charge in [0.25, 0.3) is 0 Å². The number of amides is 1. The summed E-state index contributed by atoms with van der Waals surface area (Å²) in [6.07, 6.45) is 3.46. The summed E-state index contributed by atoms with van der Waals surface area (Å²) in [5.41, 5.74) is 1.99. The minimum Gasteiger partial charge on any atom is -0.497 e. The number of piperidine rings is 1.